The summed E-state index contributed by atoms with van der Waals surface area (Å²) in [5.41, 5.74) is 2.25. The molecule has 0 saturated carbocycles. The van der Waals surface area contributed by atoms with E-state index < -0.39 is 9.84 Å². The summed E-state index contributed by atoms with van der Waals surface area (Å²) in [7, 11) is -2.19. The van der Waals surface area contributed by atoms with Gasteiger partial charge in [0.05, 0.1) is 23.0 Å². The highest BCUT2D eigenvalue weighted by Crippen LogP contribution is 2.31. The fraction of sp³-hybridized carbons (Fsp3) is 0.0385. The van der Waals surface area contributed by atoms with Crippen LogP contribution in [0, 0.1) is 0 Å². The number of sulfone groups is 1. The van der Waals surface area contributed by atoms with Gasteiger partial charge in [-0.3, -0.25) is 0 Å². The van der Waals surface area contributed by atoms with Crippen LogP contribution in [0.25, 0.3) is 32.8 Å². The number of hydrogen-bond acceptors (Lipinski definition) is 4. The van der Waals surface area contributed by atoms with E-state index in [4.69, 9.17) is 4.74 Å². The van der Waals surface area contributed by atoms with Crippen molar-refractivity contribution in [3.8, 4) is 5.75 Å². The number of aromatic amines is 1. The number of hydrogen-bond donors (Lipinski definition) is 1. The van der Waals surface area contributed by atoms with Crippen LogP contribution in [0.4, 0.5) is 0 Å². The lowest BCUT2D eigenvalue weighted by atomic mass is 10.1. The lowest BCUT2D eigenvalue weighted by molar-refractivity contribution is 0.415. The minimum absolute atomic E-state index is 0.118. The zero-order chi connectivity index (χ0) is 22.1. The summed E-state index contributed by atoms with van der Waals surface area (Å²) in [6.07, 6.45) is 1.67. The van der Waals surface area contributed by atoms with Crippen LogP contribution in [0.15, 0.2) is 95.9 Å². The van der Waals surface area contributed by atoms with Crippen LogP contribution in [-0.2, 0) is 9.84 Å². The van der Waals surface area contributed by atoms with E-state index >= 15 is 0 Å². The van der Waals surface area contributed by atoms with Crippen molar-refractivity contribution >= 4 is 42.6 Å². The Kier molecular flexibility index (Phi) is 4.99. The summed E-state index contributed by atoms with van der Waals surface area (Å²) < 4.78 is 32.5. The van der Waals surface area contributed by atoms with Crippen molar-refractivity contribution in [2.45, 2.75) is 4.90 Å². The first-order valence-electron chi connectivity index (χ1n) is 10.1. The molecule has 0 atom stereocenters. The number of para-hydroxylation sites is 2. The number of H-pyrrole nitrogens is 1. The molecule has 5 rings (SSSR count). The van der Waals surface area contributed by atoms with Crippen LogP contribution in [-0.4, -0.2) is 25.5 Å². The molecule has 0 aliphatic carbocycles. The monoisotopic (exact) mass is 440 g/mol. The highest BCUT2D eigenvalue weighted by atomic mass is 32.2. The van der Waals surface area contributed by atoms with Crippen LogP contribution < -0.4 is 4.74 Å². The molecular formula is C26H20N2O3S. The van der Waals surface area contributed by atoms with E-state index in [0.717, 1.165) is 27.6 Å². The third-order valence-electron chi connectivity index (χ3n) is 5.34. The van der Waals surface area contributed by atoms with Crippen LogP contribution in [0.1, 0.15) is 11.4 Å². The highest BCUT2D eigenvalue weighted by Gasteiger charge is 2.25. The lowest BCUT2D eigenvalue weighted by Crippen LogP contribution is -2.05. The van der Waals surface area contributed by atoms with Crippen LogP contribution in [0.5, 0.6) is 5.75 Å². The Hall–Kier alpha value is -3.90. The Morgan fingerprint density at radius 2 is 1.59 bits per heavy atom. The van der Waals surface area contributed by atoms with Gasteiger partial charge in [-0.05, 0) is 64.9 Å². The number of ether oxygens (including phenoxy) is 1. The molecule has 0 fully saturated rings. The maximum absolute atomic E-state index is 13.6. The second-order valence-electron chi connectivity index (χ2n) is 7.40. The van der Waals surface area contributed by atoms with Crippen molar-refractivity contribution < 1.29 is 13.2 Å². The van der Waals surface area contributed by atoms with Crippen molar-refractivity contribution in [2.75, 3.05) is 7.11 Å². The summed E-state index contributed by atoms with van der Waals surface area (Å²) in [6, 6.07) is 27.5. The van der Waals surface area contributed by atoms with Crippen molar-refractivity contribution in [1.82, 2.24) is 9.97 Å². The summed E-state index contributed by atoms with van der Waals surface area (Å²) in [6.45, 7) is 0. The zero-order valence-electron chi connectivity index (χ0n) is 17.3. The number of benzene rings is 4. The number of rotatable bonds is 5. The Morgan fingerprint density at radius 1 is 0.875 bits per heavy atom. The molecule has 6 heteroatoms. The SMILES string of the molecule is COc1ccc2cc(C=C(c3nc4ccccc4[nH]3)S(=O)(=O)c3ccccc3)ccc2c1. The van der Waals surface area contributed by atoms with E-state index in [1.165, 1.54) is 0 Å². The summed E-state index contributed by atoms with van der Waals surface area (Å²) in [5, 5.41) is 2.00. The number of methoxy groups -OCH3 is 1. The van der Waals surface area contributed by atoms with Crippen LogP contribution in [0.2, 0.25) is 0 Å². The first-order chi connectivity index (χ1) is 15.5. The summed E-state index contributed by atoms with van der Waals surface area (Å²) >= 11 is 0. The average molecular weight is 441 g/mol. The van der Waals surface area contributed by atoms with Gasteiger partial charge in [0.2, 0.25) is 9.84 Å². The minimum atomic E-state index is -3.82. The van der Waals surface area contributed by atoms with E-state index in [9.17, 15) is 8.42 Å². The fourth-order valence-electron chi connectivity index (χ4n) is 3.68. The molecule has 0 spiro atoms. The molecule has 0 bridgehead atoms. The van der Waals surface area contributed by atoms with Gasteiger partial charge >= 0.3 is 0 Å². The molecule has 5 nitrogen and oxygen atoms in total. The quantitative estimate of drug-likeness (QED) is 0.381. The van der Waals surface area contributed by atoms with Crippen LogP contribution >= 0.6 is 0 Å². The van der Waals surface area contributed by atoms with Crippen molar-refractivity contribution in [2.24, 2.45) is 0 Å². The third kappa shape index (κ3) is 3.65. The summed E-state index contributed by atoms with van der Waals surface area (Å²) in [5.74, 6) is 1.08. The predicted octanol–water partition coefficient (Wildman–Crippen LogP) is 5.70. The van der Waals surface area contributed by atoms with Gasteiger partial charge in [-0.25, -0.2) is 13.4 Å². The maximum Gasteiger partial charge on any atom is 0.210 e. The fourth-order valence-corrected chi connectivity index (χ4v) is 5.09. The maximum atomic E-state index is 13.6. The lowest BCUT2D eigenvalue weighted by Gasteiger charge is -2.09. The van der Waals surface area contributed by atoms with Gasteiger partial charge in [-0.2, -0.15) is 0 Å². The number of aromatic nitrogens is 2. The number of fused-ring (bicyclic) bond motifs is 2. The predicted molar refractivity (Wildman–Crippen MR) is 128 cm³/mol. The standard InChI is InChI=1S/C26H20N2O3S/c1-31-21-14-13-19-15-18(11-12-20(19)17-21)16-25(32(29,30)22-7-3-2-4-8-22)26-27-23-9-5-6-10-24(23)28-26/h2-17H,1H3,(H,27,28). The molecule has 5 aromatic rings. The first kappa shape index (κ1) is 20.0. The molecule has 0 unspecified atom stereocenters. The van der Waals surface area contributed by atoms with E-state index in [2.05, 4.69) is 9.97 Å². The average Bonchev–Trinajstić information content (AvgIpc) is 3.26. The number of nitrogens with zero attached hydrogens (tertiary/aromatic N) is 1. The summed E-state index contributed by atoms with van der Waals surface area (Å²) in [4.78, 5) is 8.07. The van der Waals surface area contributed by atoms with E-state index in [1.807, 2.05) is 60.7 Å². The molecule has 1 heterocycles. The van der Waals surface area contributed by atoms with Gasteiger partial charge < -0.3 is 9.72 Å². The zero-order valence-corrected chi connectivity index (χ0v) is 18.1. The van der Waals surface area contributed by atoms with Gasteiger partial charge in [0.15, 0.2) is 0 Å². The van der Waals surface area contributed by atoms with Gasteiger partial charge in [-0.15, -0.1) is 0 Å². The van der Waals surface area contributed by atoms with Crippen molar-refractivity contribution in [1.29, 1.82) is 0 Å². The highest BCUT2D eigenvalue weighted by molar-refractivity contribution is 8.00. The van der Waals surface area contributed by atoms with Crippen molar-refractivity contribution in [3.63, 3.8) is 0 Å². The molecule has 0 amide bonds. The third-order valence-corrected chi connectivity index (χ3v) is 7.12. The molecule has 158 valence electrons. The first-order valence-corrected chi connectivity index (χ1v) is 11.6. The topological polar surface area (TPSA) is 72.0 Å². The molecular weight excluding hydrogens is 420 g/mol. The number of imidazole rings is 1. The Labute approximate surface area is 185 Å². The second-order valence-corrected chi connectivity index (χ2v) is 9.32. The Morgan fingerprint density at radius 3 is 2.38 bits per heavy atom. The van der Waals surface area contributed by atoms with Gasteiger partial charge in [0.25, 0.3) is 0 Å². The molecule has 0 aliphatic rings. The molecule has 32 heavy (non-hydrogen) atoms. The largest absolute Gasteiger partial charge is 0.497 e. The molecule has 1 N–H and O–H groups in total. The van der Waals surface area contributed by atoms with E-state index in [-0.39, 0.29) is 9.80 Å². The van der Waals surface area contributed by atoms with E-state index in [1.54, 1.807) is 43.5 Å². The Balaban J connectivity index is 1.70. The Bertz CT molecular complexity index is 1540. The normalized spacial score (nSPS) is 12.3. The minimum Gasteiger partial charge on any atom is -0.497 e. The van der Waals surface area contributed by atoms with Gasteiger partial charge in [0.1, 0.15) is 16.5 Å². The molecule has 0 saturated heterocycles. The second kappa shape index (κ2) is 7.98. The molecule has 4 aromatic carbocycles. The van der Waals surface area contributed by atoms with Gasteiger partial charge in [-0.1, -0.05) is 48.5 Å². The van der Waals surface area contributed by atoms with Crippen LogP contribution in [0.3, 0.4) is 0 Å². The molecule has 0 aliphatic heterocycles. The van der Waals surface area contributed by atoms with Crippen molar-refractivity contribution in [3.05, 3.63) is 102 Å². The van der Waals surface area contributed by atoms with Gasteiger partial charge in [0, 0.05) is 0 Å². The molecule has 0 radical (unpaired) electrons. The molecule has 1 aromatic heterocycles. The van der Waals surface area contributed by atoms with E-state index in [0.29, 0.717) is 11.3 Å². The number of nitrogens with one attached hydrogen (secondary N) is 1. The smallest absolute Gasteiger partial charge is 0.210 e.